The van der Waals surface area contributed by atoms with Crippen LogP contribution >= 0.6 is 11.6 Å². The third-order valence-electron chi connectivity index (χ3n) is 2.69. The quantitative estimate of drug-likeness (QED) is 0.918. The van der Waals surface area contributed by atoms with E-state index in [9.17, 15) is 4.79 Å². The van der Waals surface area contributed by atoms with Gasteiger partial charge >= 0.3 is 0 Å². The Morgan fingerprint density at radius 2 is 2.22 bits per heavy atom. The normalized spacial score (nSPS) is 10.4. The van der Waals surface area contributed by atoms with Crippen LogP contribution < -0.4 is 10.9 Å². The van der Waals surface area contributed by atoms with Crippen LogP contribution in [-0.4, -0.2) is 14.8 Å². The third kappa shape index (κ3) is 2.51. The molecule has 2 aromatic heterocycles. The molecule has 0 amide bonds. The summed E-state index contributed by atoms with van der Waals surface area (Å²) in [6.45, 7) is 2.55. The zero-order valence-corrected chi connectivity index (χ0v) is 10.9. The maximum atomic E-state index is 11.6. The molecule has 0 saturated carbocycles. The molecule has 0 unspecified atom stereocenters. The minimum atomic E-state index is -0.315. The number of halogens is 1. The topological polar surface area (TPSA) is 59.8 Å². The van der Waals surface area contributed by atoms with Crippen molar-refractivity contribution in [2.45, 2.75) is 13.5 Å². The monoisotopic (exact) mass is 264 g/mol. The average molecular weight is 265 g/mol. The molecule has 2 rings (SSSR count). The summed E-state index contributed by atoms with van der Waals surface area (Å²) in [4.78, 5) is 15.6. The van der Waals surface area contributed by atoms with Crippen LogP contribution in [0.1, 0.15) is 11.1 Å². The molecule has 0 aliphatic carbocycles. The van der Waals surface area contributed by atoms with Crippen LogP contribution in [0, 0.1) is 6.92 Å². The number of anilines is 1. The number of pyridine rings is 1. The second kappa shape index (κ2) is 5.18. The standard InChI is InChI=1S/C12H13ClN4O/c1-8-3-4-14-5-9(8)6-15-10-7-16-17(2)12(18)11(10)13/h3-5,7,15H,6H2,1-2H3. The summed E-state index contributed by atoms with van der Waals surface area (Å²) in [6.07, 6.45) is 5.06. The molecule has 0 bridgehead atoms. The number of nitrogens with zero attached hydrogens (tertiary/aromatic N) is 3. The van der Waals surface area contributed by atoms with Crippen LogP contribution in [0.2, 0.25) is 5.02 Å². The average Bonchev–Trinajstić information content (AvgIpc) is 2.37. The van der Waals surface area contributed by atoms with Crippen molar-refractivity contribution in [1.82, 2.24) is 14.8 Å². The van der Waals surface area contributed by atoms with Crippen molar-refractivity contribution >= 4 is 17.3 Å². The molecule has 0 spiro atoms. The van der Waals surface area contributed by atoms with Crippen LogP contribution in [0.5, 0.6) is 0 Å². The van der Waals surface area contributed by atoms with E-state index in [-0.39, 0.29) is 10.6 Å². The molecule has 0 atom stereocenters. The summed E-state index contributed by atoms with van der Waals surface area (Å²) in [5.74, 6) is 0. The highest BCUT2D eigenvalue weighted by Gasteiger charge is 2.07. The van der Waals surface area contributed by atoms with E-state index in [0.29, 0.717) is 12.2 Å². The number of hydrogen-bond donors (Lipinski definition) is 1. The highest BCUT2D eigenvalue weighted by molar-refractivity contribution is 6.32. The highest BCUT2D eigenvalue weighted by Crippen LogP contribution is 2.16. The van der Waals surface area contributed by atoms with E-state index in [0.717, 1.165) is 11.1 Å². The Morgan fingerprint density at radius 1 is 1.44 bits per heavy atom. The lowest BCUT2D eigenvalue weighted by Gasteiger charge is -2.09. The van der Waals surface area contributed by atoms with Crippen LogP contribution in [0.4, 0.5) is 5.69 Å². The SMILES string of the molecule is Cc1ccncc1CNc1cnn(C)c(=O)c1Cl. The molecule has 0 radical (unpaired) electrons. The molecule has 2 aromatic rings. The summed E-state index contributed by atoms with van der Waals surface area (Å²) in [5, 5.41) is 7.15. The fourth-order valence-electron chi connectivity index (χ4n) is 1.51. The van der Waals surface area contributed by atoms with Gasteiger partial charge in [0.05, 0.1) is 11.9 Å². The molecular weight excluding hydrogens is 252 g/mol. The molecule has 0 aliphatic rings. The van der Waals surface area contributed by atoms with Gasteiger partial charge in [0.15, 0.2) is 0 Å². The first-order chi connectivity index (χ1) is 8.59. The largest absolute Gasteiger partial charge is 0.378 e. The number of hydrogen-bond acceptors (Lipinski definition) is 4. The van der Waals surface area contributed by atoms with Crippen molar-refractivity contribution in [3.8, 4) is 0 Å². The van der Waals surface area contributed by atoms with E-state index >= 15 is 0 Å². The first-order valence-electron chi connectivity index (χ1n) is 5.44. The number of rotatable bonds is 3. The van der Waals surface area contributed by atoms with Gasteiger partial charge in [-0.25, -0.2) is 4.68 Å². The summed E-state index contributed by atoms with van der Waals surface area (Å²) < 4.78 is 1.20. The summed E-state index contributed by atoms with van der Waals surface area (Å²) >= 11 is 5.95. The molecule has 6 heteroatoms. The Morgan fingerprint density at radius 3 is 2.94 bits per heavy atom. The van der Waals surface area contributed by atoms with Gasteiger partial charge < -0.3 is 5.32 Å². The minimum absolute atomic E-state index is 0.147. The predicted octanol–water partition coefficient (Wildman–Crippen LogP) is 1.75. The number of aromatic nitrogens is 3. The van der Waals surface area contributed by atoms with Gasteiger partial charge in [0.25, 0.3) is 5.56 Å². The van der Waals surface area contributed by atoms with Crippen molar-refractivity contribution in [3.63, 3.8) is 0 Å². The molecule has 0 aliphatic heterocycles. The molecule has 0 fully saturated rings. The van der Waals surface area contributed by atoms with Crippen LogP contribution in [-0.2, 0) is 13.6 Å². The molecule has 2 heterocycles. The predicted molar refractivity (Wildman–Crippen MR) is 70.8 cm³/mol. The fourth-order valence-corrected chi connectivity index (χ4v) is 1.74. The van der Waals surface area contributed by atoms with Gasteiger partial charge in [-0.3, -0.25) is 9.78 Å². The maximum absolute atomic E-state index is 11.6. The zero-order valence-electron chi connectivity index (χ0n) is 10.1. The molecule has 94 valence electrons. The van der Waals surface area contributed by atoms with Gasteiger partial charge in [-0.1, -0.05) is 11.6 Å². The van der Waals surface area contributed by atoms with Gasteiger partial charge in [0.1, 0.15) is 5.02 Å². The van der Waals surface area contributed by atoms with Crippen LogP contribution in [0.15, 0.2) is 29.5 Å². The van der Waals surface area contributed by atoms with Gasteiger partial charge in [-0.05, 0) is 24.1 Å². The van der Waals surface area contributed by atoms with Gasteiger partial charge in [-0.15, -0.1) is 0 Å². The van der Waals surface area contributed by atoms with E-state index in [1.54, 1.807) is 19.4 Å². The van der Waals surface area contributed by atoms with E-state index in [1.165, 1.54) is 10.9 Å². The van der Waals surface area contributed by atoms with Crippen molar-refractivity contribution in [2.24, 2.45) is 7.05 Å². The lowest BCUT2D eigenvalue weighted by atomic mass is 10.1. The third-order valence-corrected chi connectivity index (χ3v) is 3.06. The number of aryl methyl sites for hydroxylation is 2. The molecule has 0 saturated heterocycles. The van der Waals surface area contributed by atoms with Gasteiger partial charge in [-0.2, -0.15) is 5.10 Å². The smallest absolute Gasteiger partial charge is 0.287 e. The van der Waals surface area contributed by atoms with E-state index in [1.807, 2.05) is 13.0 Å². The van der Waals surface area contributed by atoms with E-state index in [2.05, 4.69) is 15.4 Å². The summed E-state index contributed by atoms with van der Waals surface area (Å²) in [5.41, 5.74) is 2.40. The van der Waals surface area contributed by atoms with Crippen molar-refractivity contribution in [1.29, 1.82) is 0 Å². The second-order valence-corrected chi connectivity index (χ2v) is 4.33. The van der Waals surface area contributed by atoms with Gasteiger partial charge in [0.2, 0.25) is 0 Å². The summed E-state index contributed by atoms with van der Waals surface area (Å²) in [7, 11) is 1.56. The maximum Gasteiger partial charge on any atom is 0.287 e. The molecule has 1 N–H and O–H groups in total. The summed E-state index contributed by atoms with van der Waals surface area (Å²) in [6, 6.07) is 1.93. The molecule has 18 heavy (non-hydrogen) atoms. The zero-order chi connectivity index (χ0) is 13.1. The van der Waals surface area contributed by atoms with Gasteiger partial charge in [0, 0.05) is 26.0 Å². The lowest BCUT2D eigenvalue weighted by Crippen LogP contribution is -2.21. The first-order valence-corrected chi connectivity index (χ1v) is 5.82. The van der Waals surface area contributed by atoms with Crippen molar-refractivity contribution in [2.75, 3.05) is 5.32 Å². The molecular formula is C12H13ClN4O. The Kier molecular flexibility index (Phi) is 3.62. The lowest BCUT2D eigenvalue weighted by molar-refractivity contribution is 0.708. The Hall–Kier alpha value is -1.88. The molecule has 5 nitrogen and oxygen atoms in total. The second-order valence-electron chi connectivity index (χ2n) is 3.96. The fraction of sp³-hybridized carbons (Fsp3) is 0.250. The van der Waals surface area contributed by atoms with Crippen LogP contribution in [0.25, 0.3) is 0 Å². The van der Waals surface area contributed by atoms with Crippen LogP contribution in [0.3, 0.4) is 0 Å². The Balaban J connectivity index is 2.19. The Bertz CT molecular complexity index is 624. The van der Waals surface area contributed by atoms with E-state index in [4.69, 9.17) is 11.6 Å². The first kappa shape index (κ1) is 12.6. The van der Waals surface area contributed by atoms with Crippen molar-refractivity contribution in [3.05, 3.63) is 51.2 Å². The molecule has 0 aromatic carbocycles. The number of nitrogens with one attached hydrogen (secondary N) is 1. The Labute approximate surface area is 109 Å². The highest BCUT2D eigenvalue weighted by atomic mass is 35.5. The van der Waals surface area contributed by atoms with Crippen molar-refractivity contribution < 1.29 is 0 Å². The minimum Gasteiger partial charge on any atom is -0.378 e. The van der Waals surface area contributed by atoms with E-state index < -0.39 is 0 Å².